The monoisotopic (exact) mass is 1130 g/mol. The van der Waals surface area contributed by atoms with Gasteiger partial charge in [-0.05, 0) is 160 Å². The Balaban J connectivity index is 0.742. The van der Waals surface area contributed by atoms with E-state index in [4.69, 9.17) is 4.42 Å². The fraction of sp³-hybridized carbons (Fsp3) is 0. The molecule has 0 radical (unpaired) electrons. The molecule has 0 aliphatic rings. The highest BCUT2D eigenvalue weighted by atomic mass is 16.3. The Labute approximate surface area is 511 Å². The molecule has 0 bridgehead atoms. The van der Waals surface area contributed by atoms with Crippen LogP contribution in [0.5, 0.6) is 0 Å². The molecule has 0 N–H and O–H groups in total. The lowest BCUT2D eigenvalue weighted by Crippen LogP contribution is -1.95. The lowest BCUT2D eigenvalue weighted by Gasteiger charge is -2.12. The molecule has 0 aliphatic heterocycles. The zero-order valence-corrected chi connectivity index (χ0v) is 48.2. The lowest BCUT2D eigenvalue weighted by atomic mass is 9.99. The molecule has 0 unspecified atom stereocenters. The van der Waals surface area contributed by atoms with Crippen molar-refractivity contribution in [3.63, 3.8) is 0 Å². The van der Waals surface area contributed by atoms with Gasteiger partial charge in [-0.15, -0.1) is 0 Å². The molecule has 0 aliphatic carbocycles. The lowest BCUT2D eigenvalue weighted by molar-refractivity contribution is 0.666. The van der Waals surface area contributed by atoms with Gasteiger partial charge in [0.05, 0.1) is 49.8 Å². The third-order valence-corrected chi connectivity index (χ3v) is 18.8. The quantitative estimate of drug-likeness (QED) is 0.149. The van der Waals surface area contributed by atoms with Gasteiger partial charge in [0.2, 0.25) is 0 Å². The second-order valence-electron chi connectivity index (χ2n) is 23.6. The molecule has 0 amide bonds. The number of nitrogens with zero attached hydrogens (tertiary/aromatic N) is 4. The minimum Gasteiger partial charge on any atom is -0.454 e. The zero-order chi connectivity index (χ0) is 58.3. The molecule has 0 saturated heterocycles. The molecule has 414 valence electrons. The number of benzene rings is 14. The highest BCUT2D eigenvalue weighted by Gasteiger charge is 2.22. The van der Waals surface area contributed by atoms with Crippen molar-refractivity contribution >= 4 is 109 Å². The van der Waals surface area contributed by atoms with Crippen molar-refractivity contribution < 1.29 is 4.42 Å². The molecule has 0 fully saturated rings. The molecule has 19 rings (SSSR count). The van der Waals surface area contributed by atoms with Gasteiger partial charge in [0.15, 0.2) is 5.58 Å². The number of fused-ring (bicyclic) bond motifs is 15. The molecule has 0 spiro atoms. The number of furan rings is 1. The van der Waals surface area contributed by atoms with E-state index in [1.807, 2.05) is 0 Å². The standard InChI is InChI=1S/C84H52N4O/c1-3-17-53(18-4-1)55-33-39-61(40-34-55)85-76-30-13-9-25-66(76)70-48-57(36-43-78(70)85)58-37-44-79-72(49-58)68-42-35-60(51-82(68)87(79)62-22-15-21-56(47-62)54-19-5-2-6-20-54)59-38-45-80-71(50-59)67-26-10-14-31-77(67)88(80)81-32-16-27-69-73-52-63(41-46-83(73)89-84(69)81)86-74-28-11-7-23-64(74)65-24-8-12-29-75(65)86/h1-52H. The fourth-order valence-corrected chi connectivity index (χ4v) is 14.7. The molecule has 89 heavy (non-hydrogen) atoms. The van der Waals surface area contributed by atoms with E-state index < -0.39 is 0 Å². The summed E-state index contributed by atoms with van der Waals surface area (Å²) in [5.41, 5.74) is 24.8. The molecule has 0 atom stereocenters. The largest absolute Gasteiger partial charge is 0.454 e. The van der Waals surface area contributed by atoms with Crippen LogP contribution in [0.25, 0.3) is 176 Å². The summed E-state index contributed by atoms with van der Waals surface area (Å²) < 4.78 is 16.6. The Morgan fingerprint density at radius 1 is 0.180 bits per heavy atom. The van der Waals surface area contributed by atoms with E-state index in [2.05, 4.69) is 334 Å². The highest BCUT2D eigenvalue weighted by Crippen LogP contribution is 2.44. The summed E-state index contributed by atoms with van der Waals surface area (Å²) in [7, 11) is 0. The average molecular weight is 1130 g/mol. The summed E-state index contributed by atoms with van der Waals surface area (Å²) in [6.45, 7) is 0. The summed E-state index contributed by atoms with van der Waals surface area (Å²) >= 11 is 0. The van der Waals surface area contributed by atoms with Crippen LogP contribution in [-0.4, -0.2) is 18.3 Å². The van der Waals surface area contributed by atoms with Gasteiger partial charge in [0.1, 0.15) is 5.58 Å². The van der Waals surface area contributed by atoms with Crippen molar-refractivity contribution in [1.29, 1.82) is 0 Å². The normalized spacial score (nSPS) is 12.0. The molecular weight excluding hydrogens is 1080 g/mol. The summed E-state index contributed by atoms with van der Waals surface area (Å²) in [6.07, 6.45) is 0. The van der Waals surface area contributed by atoms with Gasteiger partial charge in [0.25, 0.3) is 0 Å². The second-order valence-corrected chi connectivity index (χ2v) is 23.6. The van der Waals surface area contributed by atoms with E-state index in [0.717, 1.165) is 77.9 Å². The maximum Gasteiger partial charge on any atom is 0.159 e. The first kappa shape index (κ1) is 49.4. The summed E-state index contributed by atoms with van der Waals surface area (Å²) in [6, 6.07) is 116. The number of aromatic nitrogens is 4. The van der Waals surface area contributed by atoms with Crippen LogP contribution in [0.15, 0.2) is 320 Å². The molecule has 5 nitrogen and oxygen atoms in total. The van der Waals surface area contributed by atoms with Gasteiger partial charge in [-0.25, -0.2) is 0 Å². The Hall–Kier alpha value is -11.9. The van der Waals surface area contributed by atoms with Gasteiger partial charge < -0.3 is 22.7 Å². The maximum atomic E-state index is 6.95. The Morgan fingerprint density at radius 2 is 0.551 bits per heavy atom. The van der Waals surface area contributed by atoms with E-state index in [1.165, 1.54) is 98.5 Å². The number of hydrogen-bond acceptors (Lipinski definition) is 1. The van der Waals surface area contributed by atoms with Crippen molar-refractivity contribution in [3.8, 4) is 67.3 Å². The van der Waals surface area contributed by atoms with E-state index in [-0.39, 0.29) is 0 Å². The van der Waals surface area contributed by atoms with E-state index in [9.17, 15) is 0 Å². The van der Waals surface area contributed by atoms with E-state index in [1.54, 1.807) is 0 Å². The number of rotatable bonds is 8. The van der Waals surface area contributed by atoms with Gasteiger partial charge in [0, 0.05) is 70.9 Å². The third kappa shape index (κ3) is 7.56. The molecule has 5 aromatic heterocycles. The van der Waals surface area contributed by atoms with Crippen LogP contribution in [-0.2, 0) is 0 Å². The van der Waals surface area contributed by atoms with Crippen LogP contribution in [0, 0.1) is 0 Å². The minimum absolute atomic E-state index is 0.860. The average Bonchev–Trinajstić information content (AvgIpc) is 3.20. The molecule has 0 saturated carbocycles. The summed E-state index contributed by atoms with van der Waals surface area (Å²) in [5, 5.41) is 11.9. The third-order valence-electron chi connectivity index (χ3n) is 18.8. The molecule has 5 heterocycles. The smallest absolute Gasteiger partial charge is 0.159 e. The Morgan fingerprint density at radius 3 is 1.15 bits per heavy atom. The summed E-state index contributed by atoms with van der Waals surface area (Å²) in [4.78, 5) is 0. The van der Waals surface area contributed by atoms with Crippen LogP contribution < -0.4 is 0 Å². The fourth-order valence-electron chi connectivity index (χ4n) is 14.7. The van der Waals surface area contributed by atoms with Crippen LogP contribution in [0.3, 0.4) is 0 Å². The maximum absolute atomic E-state index is 6.95. The predicted octanol–water partition coefficient (Wildman–Crippen LogP) is 22.6. The van der Waals surface area contributed by atoms with Crippen LogP contribution in [0.2, 0.25) is 0 Å². The van der Waals surface area contributed by atoms with Gasteiger partial charge in [-0.1, -0.05) is 200 Å². The van der Waals surface area contributed by atoms with Crippen LogP contribution >= 0.6 is 0 Å². The Kier molecular flexibility index (Phi) is 10.7. The van der Waals surface area contributed by atoms with Gasteiger partial charge in [-0.3, -0.25) is 0 Å². The van der Waals surface area contributed by atoms with Crippen molar-refractivity contribution in [2.45, 2.75) is 0 Å². The molecule has 5 heteroatoms. The first-order chi connectivity index (χ1) is 44.1. The highest BCUT2D eigenvalue weighted by molar-refractivity contribution is 6.17. The van der Waals surface area contributed by atoms with E-state index in [0.29, 0.717) is 0 Å². The molecule has 19 aromatic rings. The van der Waals surface area contributed by atoms with Crippen molar-refractivity contribution in [3.05, 3.63) is 315 Å². The second kappa shape index (κ2) is 19.3. The zero-order valence-electron chi connectivity index (χ0n) is 48.2. The minimum atomic E-state index is 0.860. The SMILES string of the molecule is c1ccc(-c2ccc(-n3c4ccccc4c4cc(-c5ccc6c(c5)c5ccc(-c7ccc8c(c7)c7ccccc7n8-c7cccc8c7oc7ccc(-n9c%10ccccc%10c%10ccccc%109)cc78)cc5n6-c5cccc(-c6ccccc6)c5)ccc43)cc2)cc1. The van der Waals surface area contributed by atoms with Crippen molar-refractivity contribution in [1.82, 2.24) is 18.3 Å². The summed E-state index contributed by atoms with van der Waals surface area (Å²) in [5.74, 6) is 0. The van der Waals surface area contributed by atoms with Crippen LogP contribution in [0.1, 0.15) is 0 Å². The topological polar surface area (TPSA) is 32.9 Å². The predicted molar refractivity (Wildman–Crippen MR) is 373 cm³/mol. The van der Waals surface area contributed by atoms with Gasteiger partial charge >= 0.3 is 0 Å². The first-order valence-corrected chi connectivity index (χ1v) is 30.5. The molecule has 14 aromatic carbocycles. The van der Waals surface area contributed by atoms with E-state index >= 15 is 0 Å². The first-order valence-electron chi connectivity index (χ1n) is 30.5. The van der Waals surface area contributed by atoms with Crippen molar-refractivity contribution in [2.24, 2.45) is 0 Å². The van der Waals surface area contributed by atoms with Crippen molar-refractivity contribution in [2.75, 3.05) is 0 Å². The van der Waals surface area contributed by atoms with Gasteiger partial charge in [-0.2, -0.15) is 0 Å². The molecular formula is C84H52N4O. The number of hydrogen-bond donors (Lipinski definition) is 0. The number of para-hydroxylation sites is 5. The Bertz CT molecular complexity index is 6040. The van der Waals surface area contributed by atoms with Crippen LogP contribution in [0.4, 0.5) is 0 Å².